The number of nitrogens with zero attached hydrogens (tertiary/aromatic N) is 1. The highest BCUT2D eigenvalue weighted by atomic mass is 16.4. The highest BCUT2D eigenvalue weighted by molar-refractivity contribution is 6.43. The molecule has 0 fully saturated rings. The van der Waals surface area contributed by atoms with Gasteiger partial charge in [0.2, 0.25) is 5.91 Å². The molecule has 76 valence electrons. The first-order chi connectivity index (χ1) is 5.91. The summed E-state index contributed by atoms with van der Waals surface area (Å²) in [5, 5.41) is 17.6. The third-order valence-corrected chi connectivity index (χ3v) is 2.15. The maximum absolute atomic E-state index is 11.4. The summed E-state index contributed by atoms with van der Waals surface area (Å²) in [7, 11) is -0.0277. The number of hydrogen-bond acceptors (Lipinski definition) is 4. The van der Waals surface area contributed by atoms with Gasteiger partial charge in [0.25, 0.3) is 0 Å². The number of hydrogen-bond donors (Lipinski definition) is 3. The summed E-state index contributed by atoms with van der Waals surface area (Å²) in [6.45, 7) is 3.35. The maximum atomic E-state index is 11.4. The lowest BCUT2D eigenvalue weighted by Crippen LogP contribution is -2.51. The molecule has 0 rings (SSSR count). The lowest BCUT2D eigenvalue weighted by Gasteiger charge is -2.26. The van der Waals surface area contributed by atoms with Crippen molar-refractivity contribution in [3.05, 3.63) is 0 Å². The third-order valence-electron chi connectivity index (χ3n) is 2.15. The Bertz CT molecular complexity index is 177. The molecule has 0 saturated heterocycles. The fourth-order valence-electron chi connectivity index (χ4n) is 0.837. The number of carbonyl (C=O) groups excluding carboxylic acids is 1. The van der Waals surface area contributed by atoms with Gasteiger partial charge in [0.1, 0.15) is 0 Å². The van der Waals surface area contributed by atoms with Crippen LogP contribution >= 0.6 is 0 Å². The topological polar surface area (TPSA) is 86.8 Å². The molecular weight excluding hydrogens is 171 g/mol. The molecule has 1 unspecified atom stereocenters. The van der Waals surface area contributed by atoms with Crippen molar-refractivity contribution < 1.29 is 14.8 Å². The van der Waals surface area contributed by atoms with Gasteiger partial charge < -0.3 is 20.7 Å². The standard InChI is InChI=1S/C7H17BN2O3/c1-4-6(9)7(11)10(3)5(2)8(12)13/h5-6,12-13H,4,9H2,1-3H3/t5-,6?/m0/s1. The van der Waals surface area contributed by atoms with Gasteiger partial charge in [-0.1, -0.05) is 6.92 Å². The van der Waals surface area contributed by atoms with Crippen LogP contribution in [0.4, 0.5) is 0 Å². The van der Waals surface area contributed by atoms with Crippen LogP contribution in [0.2, 0.25) is 0 Å². The SMILES string of the molecule is CCC(N)C(=O)N(C)[C@@H](C)B(O)O. The Balaban J connectivity index is 4.25. The number of amides is 1. The Labute approximate surface area is 78.7 Å². The molecule has 0 saturated carbocycles. The van der Waals surface area contributed by atoms with Gasteiger partial charge in [-0.25, -0.2) is 0 Å². The molecule has 0 bridgehead atoms. The van der Waals surface area contributed by atoms with Crippen LogP contribution in [0.1, 0.15) is 20.3 Å². The summed E-state index contributed by atoms with van der Waals surface area (Å²) in [5.74, 6) is -0.909. The second-order valence-corrected chi connectivity index (χ2v) is 3.12. The van der Waals surface area contributed by atoms with Crippen molar-refractivity contribution in [2.24, 2.45) is 5.73 Å². The van der Waals surface area contributed by atoms with Gasteiger partial charge in [0.15, 0.2) is 0 Å². The van der Waals surface area contributed by atoms with Crippen LogP contribution < -0.4 is 5.73 Å². The van der Waals surface area contributed by atoms with Gasteiger partial charge in [-0.2, -0.15) is 0 Å². The molecule has 6 heteroatoms. The lowest BCUT2D eigenvalue weighted by atomic mass is 9.80. The molecule has 0 heterocycles. The Morgan fingerprint density at radius 1 is 1.62 bits per heavy atom. The van der Waals surface area contributed by atoms with E-state index in [1.54, 1.807) is 13.8 Å². The summed E-state index contributed by atoms with van der Waals surface area (Å²) in [6.07, 6.45) is 0.539. The van der Waals surface area contributed by atoms with Crippen molar-refractivity contribution in [2.75, 3.05) is 7.05 Å². The lowest BCUT2D eigenvalue weighted by molar-refractivity contribution is -0.132. The average Bonchev–Trinajstić information content (AvgIpc) is 2.12. The van der Waals surface area contributed by atoms with E-state index in [-0.39, 0.29) is 5.91 Å². The first kappa shape index (κ1) is 12.4. The maximum Gasteiger partial charge on any atom is 0.475 e. The molecule has 0 aliphatic rings. The van der Waals surface area contributed by atoms with Crippen LogP contribution in [0.3, 0.4) is 0 Å². The number of nitrogens with two attached hydrogens (primary N) is 1. The van der Waals surface area contributed by atoms with Gasteiger partial charge in [-0.15, -0.1) is 0 Å². The predicted molar refractivity (Wildman–Crippen MR) is 50.7 cm³/mol. The fourth-order valence-corrected chi connectivity index (χ4v) is 0.837. The zero-order valence-corrected chi connectivity index (χ0v) is 8.27. The Morgan fingerprint density at radius 2 is 2.08 bits per heavy atom. The van der Waals surface area contributed by atoms with Crippen LogP contribution in [-0.4, -0.2) is 47.0 Å². The van der Waals surface area contributed by atoms with Crippen molar-refractivity contribution in [2.45, 2.75) is 32.3 Å². The normalized spacial score (nSPS) is 14.9. The number of rotatable bonds is 4. The second-order valence-electron chi connectivity index (χ2n) is 3.12. The van der Waals surface area contributed by atoms with Crippen LogP contribution in [0.15, 0.2) is 0 Å². The summed E-state index contributed by atoms with van der Waals surface area (Å²) >= 11 is 0. The average molecular weight is 188 g/mol. The zero-order valence-electron chi connectivity index (χ0n) is 8.27. The van der Waals surface area contributed by atoms with Crippen LogP contribution in [0, 0.1) is 0 Å². The number of carbonyl (C=O) groups is 1. The largest absolute Gasteiger partial charge is 0.475 e. The minimum atomic E-state index is -1.53. The summed E-state index contributed by atoms with van der Waals surface area (Å²) in [6, 6.07) is -0.564. The molecule has 4 N–H and O–H groups in total. The molecule has 0 radical (unpaired) electrons. The van der Waals surface area contributed by atoms with Gasteiger partial charge in [-0.05, 0) is 13.3 Å². The fraction of sp³-hybridized carbons (Fsp3) is 0.857. The van der Waals surface area contributed by atoms with E-state index in [9.17, 15) is 4.79 Å². The minimum Gasteiger partial charge on any atom is -0.426 e. The van der Waals surface area contributed by atoms with Gasteiger partial charge in [0, 0.05) is 7.05 Å². The van der Waals surface area contributed by atoms with Gasteiger partial charge >= 0.3 is 7.12 Å². The third kappa shape index (κ3) is 3.34. The Morgan fingerprint density at radius 3 is 2.38 bits per heavy atom. The molecule has 13 heavy (non-hydrogen) atoms. The van der Waals surface area contributed by atoms with E-state index in [2.05, 4.69) is 0 Å². The van der Waals surface area contributed by atoms with E-state index >= 15 is 0 Å². The molecule has 0 spiro atoms. The van der Waals surface area contributed by atoms with Gasteiger partial charge in [0.05, 0.1) is 12.0 Å². The highest BCUT2D eigenvalue weighted by Gasteiger charge is 2.28. The molecule has 5 nitrogen and oxygen atoms in total. The van der Waals surface area contributed by atoms with Crippen LogP contribution in [-0.2, 0) is 4.79 Å². The molecule has 1 amide bonds. The molecular formula is C7H17BN2O3. The Hall–Kier alpha value is -0.585. The van der Waals surface area contributed by atoms with Crippen LogP contribution in [0.25, 0.3) is 0 Å². The van der Waals surface area contributed by atoms with Crippen molar-refractivity contribution in [3.63, 3.8) is 0 Å². The van der Waals surface area contributed by atoms with Crippen LogP contribution in [0.5, 0.6) is 0 Å². The summed E-state index contributed by atoms with van der Waals surface area (Å²) in [4.78, 5) is 12.6. The first-order valence-electron chi connectivity index (χ1n) is 4.30. The van der Waals surface area contributed by atoms with E-state index in [1.807, 2.05) is 0 Å². The summed E-state index contributed by atoms with van der Waals surface area (Å²) < 4.78 is 0. The van der Waals surface area contributed by atoms with Gasteiger partial charge in [-0.3, -0.25) is 4.79 Å². The molecule has 0 aliphatic carbocycles. The van der Waals surface area contributed by atoms with E-state index < -0.39 is 19.1 Å². The molecule has 2 atom stereocenters. The quantitative estimate of drug-likeness (QED) is 0.472. The van der Waals surface area contributed by atoms with Crippen molar-refractivity contribution in [3.8, 4) is 0 Å². The molecule has 0 aromatic heterocycles. The summed E-state index contributed by atoms with van der Waals surface area (Å²) in [5.41, 5.74) is 5.50. The van der Waals surface area contributed by atoms with Crippen molar-refractivity contribution in [1.29, 1.82) is 0 Å². The highest BCUT2D eigenvalue weighted by Crippen LogP contribution is 2.01. The number of likely N-dealkylation sites (N-methyl/N-ethyl adjacent to an activating group) is 1. The predicted octanol–water partition coefficient (Wildman–Crippen LogP) is -1.42. The van der Waals surface area contributed by atoms with E-state index in [0.717, 1.165) is 0 Å². The Kier molecular flexibility index (Phi) is 4.98. The molecule has 0 aromatic rings. The molecule has 0 aliphatic heterocycles. The van der Waals surface area contributed by atoms with E-state index in [1.165, 1.54) is 11.9 Å². The molecule has 0 aromatic carbocycles. The zero-order chi connectivity index (χ0) is 10.6. The monoisotopic (exact) mass is 188 g/mol. The van der Waals surface area contributed by atoms with Crippen molar-refractivity contribution in [1.82, 2.24) is 4.90 Å². The van der Waals surface area contributed by atoms with Crippen molar-refractivity contribution >= 4 is 13.0 Å². The smallest absolute Gasteiger partial charge is 0.426 e. The minimum absolute atomic E-state index is 0.275. The first-order valence-corrected chi connectivity index (χ1v) is 4.30. The second kappa shape index (κ2) is 5.21. The van der Waals surface area contributed by atoms with E-state index in [0.29, 0.717) is 6.42 Å². The van der Waals surface area contributed by atoms with E-state index in [4.69, 9.17) is 15.8 Å².